The molecule has 0 aliphatic rings. The summed E-state index contributed by atoms with van der Waals surface area (Å²) in [6, 6.07) is 17.3. The molecular weight excluding hydrogens is 509 g/mol. The van der Waals surface area contributed by atoms with Crippen molar-refractivity contribution >= 4 is 5.91 Å². The van der Waals surface area contributed by atoms with Gasteiger partial charge in [0.05, 0.1) is 22.5 Å². The van der Waals surface area contributed by atoms with Gasteiger partial charge in [-0.15, -0.1) is 0 Å². The summed E-state index contributed by atoms with van der Waals surface area (Å²) in [5, 5.41) is 11.0. The van der Waals surface area contributed by atoms with Crippen molar-refractivity contribution in [3.05, 3.63) is 113 Å². The number of benzene rings is 2. The first-order valence-electron chi connectivity index (χ1n) is 12.0. The van der Waals surface area contributed by atoms with Gasteiger partial charge in [-0.1, -0.05) is 35.5 Å². The summed E-state index contributed by atoms with van der Waals surface area (Å²) in [6.07, 6.45) is -1.47. The van der Waals surface area contributed by atoms with Crippen LogP contribution in [0, 0.1) is 13.8 Å². The molecule has 0 saturated carbocycles. The molecule has 0 radical (unpaired) electrons. The molecule has 39 heavy (non-hydrogen) atoms. The Morgan fingerprint density at radius 3 is 2.51 bits per heavy atom. The summed E-state index contributed by atoms with van der Waals surface area (Å²) >= 11 is 0. The molecule has 2 aromatic carbocycles. The van der Waals surface area contributed by atoms with Gasteiger partial charge in [-0.05, 0) is 55.8 Å². The van der Waals surface area contributed by atoms with Gasteiger partial charge < -0.3 is 9.84 Å². The van der Waals surface area contributed by atoms with E-state index in [4.69, 9.17) is 4.52 Å². The van der Waals surface area contributed by atoms with Crippen molar-refractivity contribution in [2.45, 2.75) is 32.5 Å². The summed E-state index contributed by atoms with van der Waals surface area (Å²) in [4.78, 5) is 21.1. The number of carbonyl (C=O) groups is 1. The van der Waals surface area contributed by atoms with Crippen molar-refractivity contribution < 1.29 is 22.5 Å². The number of halogens is 3. The summed E-state index contributed by atoms with van der Waals surface area (Å²) < 4.78 is 49.4. The maximum absolute atomic E-state index is 14.2. The number of nitrogens with one attached hydrogen (secondary N) is 1. The van der Waals surface area contributed by atoms with Crippen LogP contribution in [0.15, 0.2) is 83.6 Å². The third-order valence-corrected chi connectivity index (χ3v) is 6.06. The fourth-order valence-electron chi connectivity index (χ4n) is 4.26. The SMILES string of the molecule is Cc1cc(C)n(-c2ccc(-c3noc(C(Cc4ccccc4)NC(=O)c4cccnc4)n3)c(C(F)(F)F)c2)n1. The standard InChI is InChI=1S/C28H23F3N6O2/c1-17-13-18(2)37(35-17)21-10-11-22(23(15-21)28(29,30)31)25-34-27(39-36-25)24(14-19-7-4-3-5-8-19)33-26(38)20-9-6-12-32-16-20/h3-13,15-16,24H,14H2,1-2H3,(H,33,38). The zero-order valence-corrected chi connectivity index (χ0v) is 21.0. The van der Waals surface area contributed by atoms with Crippen LogP contribution >= 0.6 is 0 Å². The Labute approximate surface area is 221 Å². The van der Waals surface area contributed by atoms with Gasteiger partial charge in [-0.3, -0.25) is 9.78 Å². The van der Waals surface area contributed by atoms with E-state index in [0.29, 0.717) is 17.0 Å². The lowest BCUT2D eigenvalue weighted by Gasteiger charge is -2.15. The first-order valence-corrected chi connectivity index (χ1v) is 12.0. The highest BCUT2D eigenvalue weighted by atomic mass is 19.4. The highest BCUT2D eigenvalue weighted by Gasteiger charge is 2.36. The molecule has 198 valence electrons. The van der Waals surface area contributed by atoms with Crippen LogP contribution in [-0.4, -0.2) is 30.8 Å². The first-order chi connectivity index (χ1) is 18.7. The minimum atomic E-state index is -4.69. The van der Waals surface area contributed by atoms with Crippen molar-refractivity contribution in [1.82, 2.24) is 30.2 Å². The Kier molecular flexibility index (Phi) is 6.97. The van der Waals surface area contributed by atoms with Gasteiger partial charge in [-0.2, -0.15) is 23.3 Å². The number of rotatable bonds is 7. The second-order valence-electron chi connectivity index (χ2n) is 8.98. The number of nitrogens with zero attached hydrogens (tertiary/aromatic N) is 5. The molecule has 5 aromatic rings. The molecule has 3 heterocycles. The average molecular weight is 533 g/mol. The average Bonchev–Trinajstić information content (AvgIpc) is 3.55. The number of alkyl halides is 3. The first kappa shape index (κ1) is 25.8. The van der Waals surface area contributed by atoms with Crippen LogP contribution in [0.5, 0.6) is 0 Å². The minimum absolute atomic E-state index is 0.0261. The number of carbonyl (C=O) groups excluding carboxylic acids is 1. The predicted molar refractivity (Wildman–Crippen MR) is 136 cm³/mol. The third kappa shape index (κ3) is 5.71. The van der Waals surface area contributed by atoms with E-state index >= 15 is 0 Å². The van der Waals surface area contributed by atoms with Crippen LogP contribution in [0.4, 0.5) is 13.2 Å². The normalized spacial score (nSPS) is 12.3. The van der Waals surface area contributed by atoms with Gasteiger partial charge in [0.1, 0.15) is 6.04 Å². The second-order valence-corrected chi connectivity index (χ2v) is 8.98. The Bertz CT molecular complexity index is 1600. The van der Waals surface area contributed by atoms with Crippen LogP contribution in [-0.2, 0) is 12.6 Å². The maximum atomic E-state index is 14.2. The van der Waals surface area contributed by atoms with E-state index in [0.717, 1.165) is 11.6 Å². The van der Waals surface area contributed by atoms with Gasteiger partial charge in [-0.25, -0.2) is 4.68 Å². The Morgan fingerprint density at radius 2 is 1.85 bits per heavy atom. The molecule has 8 nitrogen and oxygen atoms in total. The number of pyridine rings is 1. The molecule has 1 atom stereocenters. The van der Waals surface area contributed by atoms with Crippen LogP contribution in [0.3, 0.4) is 0 Å². The summed E-state index contributed by atoms with van der Waals surface area (Å²) in [5.74, 6) is -0.707. The monoisotopic (exact) mass is 532 g/mol. The molecule has 0 spiro atoms. The van der Waals surface area contributed by atoms with Crippen molar-refractivity contribution in [2.75, 3.05) is 0 Å². The smallest absolute Gasteiger partial charge is 0.340 e. The molecule has 1 amide bonds. The number of hydrogen-bond acceptors (Lipinski definition) is 6. The minimum Gasteiger partial charge on any atom is -0.340 e. The zero-order chi connectivity index (χ0) is 27.6. The molecule has 0 fully saturated rings. The van der Waals surface area contributed by atoms with Crippen molar-refractivity contribution in [3.8, 4) is 17.1 Å². The lowest BCUT2D eigenvalue weighted by molar-refractivity contribution is -0.137. The van der Waals surface area contributed by atoms with Crippen molar-refractivity contribution in [2.24, 2.45) is 0 Å². The van der Waals surface area contributed by atoms with Gasteiger partial charge in [0.2, 0.25) is 11.7 Å². The molecule has 0 aliphatic heterocycles. The topological polar surface area (TPSA) is 98.7 Å². The fraction of sp³-hybridized carbons (Fsp3) is 0.179. The molecule has 11 heteroatoms. The Morgan fingerprint density at radius 1 is 1.05 bits per heavy atom. The predicted octanol–water partition coefficient (Wildman–Crippen LogP) is 5.67. The summed E-state index contributed by atoms with van der Waals surface area (Å²) in [5.41, 5.74) is 1.63. The van der Waals surface area contributed by atoms with Crippen molar-refractivity contribution in [1.29, 1.82) is 0 Å². The molecule has 1 N–H and O–H groups in total. The van der Waals surface area contributed by atoms with Gasteiger partial charge >= 0.3 is 6.18 Å². The molecular formula is C28H23F3N6O2. The second kappa shape index (κ2) is 10.5. The lowest BCUT2D eigenvalue weighted by atomic mass is 10.0. The largest absolute Gasteiger partial charge is 0.417 e. The molecule has 3 aromatic heterocycles. The van der Waals surface area contributed by atoms with E-state index in [1.54, 1.807) is 38.2 Å². The van der Waals surface area contributed by atoms with Crippen LogP contribution in [0.25, 0.3) is 17.1 Å². The molecule has 0 saturated heterocycles. The number of aromatic nitrogens is 5. The van der Waals surface area contributed by atoms with Gasteiger partial charge in [0, 0.05) is 30.1 Å². The fourth-order valence-corrected chi connectivity index (χ4v) is 4.26. The van der Waals surface area contributed by atoms with E-state index in [9.17, 15) is 18.0 Å². The highest BCUT2D eigenvalue weighted by Crippen LogP contribution is 2.38. The van der Waals surface area contributed by atoms with E-state index in [2.05, 4.69) is 25.5 Å². The van der Waals surface area contributed by atoms with Crippen LogP contribution < -0.4 is 5.32 Å². The lowest BCUT2D eigenvalue weighted by Crippen LogP contribution is -2.30. The Hall–Kier alpha value is -4.80. The highest BCUT2D eigenvalue weighted by molar-refractivity contribution is 5.94. The van der Waals surface area contributed by atoms with Crippen LogP contribution in [0.2, 0.25) is 0 Å². The van der Waals surface area contributed by atoms with Gasteiger partial charge in [0.25, 0.3) is 5.91 Å². The molecule has 1 unspecified atom stereocenters. The maximum Gasteiger partial charge on any atom is 0.417 e. The quantitative estimate of drug-likeness (QED) is 0.290. The Balaban J connectivity index is 1.51. The van der Waals surface area contributed by atoms with Crippen LogP contribution in [0.1, 0.15) is 44.8 Å². The third-order valence-electron chi connectivity index (χ3n) is 6.06. The van der Waals surface area contributed by atoms with E-state index in [-0.39, 0.29) is 29.4 Å². The molecule has 5 rings (SSSR count). The summed E-state index contributed by atoms with van der Waals surface area (Å²) in [6.45, 7) is 3.53. The van der Waals surface area contributed by atoms with Crippen molar-refractivity contribution in [3.63, 3.8) is 0 Å². The zero-order valence-electron chi connectivity index (χ0n) is 21.0. The number of amides is 1. The van der Waals surface area contributed by atoms with E-state index < -0.39 is 23.7 Å². The number of hydrogen-bond donors (Lipinski definition) is 1. The van der Waals surface area contributed by atoms with E-state index in [1.165, 1.54) is 23.0 Å². The van der Waals surface area contributed by atoms with Gasteiger partial charge in [0.15, 0.2) is 0 Å². The van der Waals surface area contributed by atoms with E-state index in [1.807, 2.05) is 30.3 Å². The summed E-state index contributed by atoms with van der Waals surface area (Å²) in [7, 11) is 0. The number of aryl methyl sites for hydroxylation is 2. The molecule has 0 aliphatic carbocycles. The molecule has 0 bridgehead atoms.